The van der Waals surface area contributed by atoms with Crippen LogP contribution in [0.1, 0.15) is 43.6 Å². The highest BCUT2D eigenvalue weighted by Gasteiger charge is 2.55. The summed E-state index contributed by atoms with van der Waals surface area (Å²) < 4.78 is 6.49. The maximum Gasteiger partial charge on any atom is 0.307 e. The second kappa shape index (κ2) is 4.75. The number of esters is 1. The van der Waals surface area contributed by atoms with Crippen LogP contribution in [0.25, 0.3) is 0 Å². The standard InChI is InChI=1S/C15H15BrO3/c16-11-6-4-10(5-7-11)12-9-14(18)19-15(12)8-2-1-3-13(15)17/h4-7,12H,1-3,8-9H2/t12-,15-/m0/s1. The fourth-order valence-electron chi connectivity index (χ4n) is 3.23. The summed E-state index contributed by atoms with van der Waals surface area (Å²) in [5.74, 6) is -0.276. The van der Waals surface area contributed by atoms with Crippen LogP contribution in [-0.4, -0.2) is 17.4 Å². The average Bonchev–Trinajstić information content (AvgIpc) is 2.72. The molecule has 0 N–H and O–H groups in total. The number of hydrogen-bond donors (Lipinski definition) is 0. The predicted molar refractivity (Wildman–Crippen MR) is 73.8 cm³/mol. The summed E-state index contributed by atoms with van der Waals surface area (Å²) in [6.45, 7) is 0. The van der Waals surface area contributed by atoms with E-state index >= 15 is 0 Å². The molecule has 1 saturated heterocycles. The van der Waals surface area contributed by atoms with Crippen molar-refractivity contribution in [3.05, 3.63) is 34.3 Å². The van der Waals surface area contributed by atoms with Gasteiger partial charge in [-0.05, 0) is 37.0 Å². The van der Waals surface area contributed by atoms with E-state index in [1.165, 1.54) is 0 Å². The lowest BCUT2D eigenvalue weighted by Gasteiger charge is -2.35. The minimum absolute atomic E-state index is 0.0949. The molecule has 2 fully saturated rings. The molecule has 3 nitrogen and oxygen atoms in total. The molecule has 0 aromatic heterocycles. The van der Waals surface area contributed by atoms with Gasteiger partial charge >= 0.3 is 5.97 Å². The summed E-state index contributed by atoms with van der Waals surface area (Å²) in [6.07, 6.45) is 3.36. The largest absolute Gasteiger partial charge is 0.450 e. The molecule has 1 heterocycles. The molecule has 100 valence electrons. The number of hydrogen-bond acceptors (Lipinski definition) is 3. The number of halogens is 1. The van der Waals surface area contributed by atoms with Crippen molar-refractivity contribution in [1.82, 2.24) is 0 Å². The number of carbonyl (C=O) groups excluding carboxylic acids is 2. The fourth-order valence-corrected chi connectivity index (χ4v) is 3.49. The lowest BCUT2D eigenvalue weighted by Crippen LogP contribution is -2.45. The van der Waals surface area contributed by atoms with Crippen molar-refractivity contribution in [1.29, 1.82) is 0 Å². The van der Waals surface area contributed by atoms with Gasteiger partial charge in [-0.15, -0.1) is 0 Å². The molecule has 1 spiro atoms. The highest BCUT2D eigenvalue weighted by molar-refractivity contribution is 9.10. The van der Waals surface area contributed by atoms with Gasteiger partial charge in [0.15, 0.2) is 11.4 Å². The van der Waals surface area contributed by atoms with Crippen molar-refractivity contribution in [3.63, 3.8) is 0 Å². The number of Topliss-reactive ketones (excluding diaryl/α,β-unsaturated/α-hetero) is 1. The van der Waals surface area contributed by atoms with Crippen LogP contribution >= 0.6 is 15.9 Å². The van der Waals surface area contributed by atoms with Crippen LogP contribution in [0, 0.1) is 0 Å². The van der Waals surface area contributed by atoms with Crippen molar-refractivity contribution in [3.8, 4) is 0 Å². The molecule has 1 aromatic rings. The van der Waals surface area contributed by atoms with Crippen LogP contribution in [0.5, 0.6) is 0 Å². The Kier molecular flexibility index (Phi) is 3.21. The lowest BCUT2D eigenvalue weighted by molar-refractivity contribution is -0.160. The highest BCUT2D eigenvalue weighted by atomic mass is 79.9. The second-order valence-electron chi connectivity index (χ2n) is 5.30. The Labute approximate surface area is 120 Å². The Bertz CT molecular complexity index is 523. The first kappa shape index (κ1) is 12.9. The van der Waals surface area contributed by atoms with Gasteiger partial charge in [-0.2, -0.15) is 0 Å². The SMILES string of the molecule is O=C1C[C@@H](c2ccc(Br)cc2)[C@]2(CCCCC2=O)O1. The van der Waals surface area contributed by atoms with Crippen LogP contribution in [-0.2, 0) is 14.3 Å². The van der Waals surface area contributed by atoms with E-state index in [2.05, 4.69) is 15.9 Å². The zero-order valence-electron chi connectivity index (χ0n) is 10.5. The van der Waals surface area contributed by atoms with Gasteiger partial charge in [0.1, 0.15) is 0 Å². The number of rotatable bonds is 1. The maximum absolute atomic E-state index is 12.3. The minimum atomic E-state index is -0.886. The molecule has 1 aliphatic carbocycles. The zero-order valence-corrected chi connectivity index (χ0v) is 12.1. The van der Waals surface area contributed by atoms with Crippen molar-refractivity contribution in [2.24, 2.45) is 0 Å². The van der Waals surface area contributed by atoms with E-state index in [-0.39, 0.29) is 17.7 Å². The highest BCUT2D eigenvalue weighted by Crippen LogP contribution is 2.47. The number of ether oxygens (including phenoxy) is 1. The van der Waals surface area contributed by atoms with Gasteiger partial charge < -0.3 is 4.74 Å². The summed E-state index contributed by atoms with van der Waals surface area (Å²) in [4.78, 5) is 24.1. The molecule has 0 radical (unpaired) electrons. The van der Waals surface area contributed by atoms with Crippen molar-refractivity contribution in [2.75, 3.05) is 0 Å². The minimum Gasteiger partial charge on any atom is -0.450 e. The Morgan fingerprint density at radius 2 is 1.89 bits per heavy atom. The monoisotopic (exact) mass is 322 g/mol. The van der Waals surface area contributed by atoms with Gasteiger partial charge in [-0.3, -0.25) is 9.59 Å². The quantitative estimate of drug-likeness (QED) is 0.744. The molecule has 4 heteroatoms. The molecular formula is C15H15BrO3. The summed E-state index contributed by atoms with van der Waals surface area (Å²) in [7, 11) is 0. The summed E-state index contributed by atoms with van der Waals surface area (Å²) >= 11 is 3.40. The molecule has 2 aliphatic rings. The summed E-state index contributed by atoms with van der Waals surface area (Å²) in [5.41, 5.74) is 0.132. The molecule has 0 bridgehead atoms. The van der Waals surface area contributed by atoms with E-state index in [4.69, 9.17) is 4.74 Å². The first-order valence-corrected chi connectivity index (χ1v) is 7.42. The number of ketones is 1. The average molecular weight is 323 g/mol. The second-order valence-corrected chi connectivity index (χ2v) is 6.22. The molecule has 1 saturated carbocycles. The third-order valence-electron chi connectivity index (χ3n) is 4.18. The first-order valence-electron chi connectivity index (χ1n) is 6.62. The molecule has 2 atom stereocenters. The van der Waals surface area contributed by atoms with E-state index in [1.807, 2.05) is 24.3 Å². The van der Waals surface area contributed by atoms with Crippen LogP contribution < -0.4 is 0 Å². The lowest BCUT2D eigenvalue weighted by atomic mass is 9.72. The van der Waals surface area contributed by atoms with E-state index < -0.39 is 5.60 Å². The van der Waals surface area contributed by atoms with E-state index in [0.717, 1.165) is 22.9 Å². The van der Waals surface area contributed by atoms with E-state index in [9.17, 15) is 9.59 Å². The van der Waals surface area contributed by atoms with Crippen molar-refractivity contribution in [2.45, 2.75) is 43.6 Å². The Hall–Kier alpha value is -1.16. The topological polar surface area (TPSA) is 43.4 Å². The smallest absolute Gasteiger partial charge is 0.307 e. The van der Waals surface area contributed by atoms with Crippen LogP contribution in [0.4, 0.5) is 0 Å². The van der Waals surface area contributed by atoms with Crippen LogP contribution in [0.3, 0.4) is 0 Å². The third kappa shape index (κ3) is 2.12. The number of carbonyl (C=O) groups is 2. The molecule has 19 heavy (non-hydrogen) atoms. The Morgan fingerprint density at radius 3 is 2.58 bits per heavy atom. The Morgan fingerprint density at radius 1 is 1.16 bits per heavy atom. The fraction of sp³-hybridized carbons (Fsp3) is 0.467. The molecule has 1 aliphatic heterocycles. The Balaban J connectivity index is 2.00. The van der Waals surface area contributed by atoms with Gasteiger partial charge in [-0.1, -0.05) is 28.1 Å². The maximum atomic E-state index is 12.3. The van der Waals surface area contributed by atoms with Crippen molar-refractivity contribution < 1.29 is 14.3 Å². The predicted octanol–water partition coefficient (Wildman–Crippen LogP) is 3.36. The molecule has 0 amide bonds. The van der Waals surface area contributed by atoms with Crippen LogP contribution in [0.15, 0.2) is 28.7 Å². The normalized spacial score (nSPS) is 30.7. The molecule has 3 rings (SSSR count). The van der Waals surface area contributed by atoms with E-state index in [0.29, 0.717) is 19.3 Å². The van der Waals surface area contributed by atoms with Crippen LogP contribution in [0.2, 0.25) is 0 Å². The van der Waals surface area contributed by atoms with Gasteiger partial charge in [0, 0.05) is 16.8 Å². The van der Waals surface area contributed by atoms with Gasteiger partial charge in [0.05, 0.1) is 6.42 Å². The van der Waals surface area contributed by atoms with Gasteiger partial charge in [0.25, 0.3) is 0 Å². The molecule has 0 unspecified atom stereocenters. The van der Waals surface area contributed by atoms with Crippen molar-refractivity contribution >= 4 is 27.7 Å². The summed E-state index contributed by atoms with van der Waals surface area (Å²) in [5, 5.41) is 0. The van der Waals surface area contributed by atoms with Gasteiger partial charge in [0.2, 0.25) is 0 Å². The number of benzene rings is 1. The van der Waals surface area contributed by atoms with Gasteiger partial charge in [-0.25, -0.2) is 0 Å². The van der Waals surface area contributed by atoms with E-state index in [1.54, 1.807) is 0 Å². The summed E-state index contributed by atoms with van der Waals surface area (Å²) in [6, 6.07) is 7.83. The third-order valence-corrected chi connectivity index (χ3v) is 4.70. The molecule has 1 aromatic carbocycles. The molecular weight excluding hydrogens is 308 g/mol. The first-order chi connectivity index (χ1) is 9.12. The zero-order chi connectivity index (χ0) is 13.5.